The number of rotatable bonds is 8. The number of amides is 2. The van der Waals surface area contributed by atoms with Gasteiger partial charge in [-0.1, -0.05) is 44.2 Å². The van der Waals surface area contributed by atoms with Gasteiger partial charge in [0, 0.05) is 31.4 Å². The second kappa shape index (κ2) is 9.61. The fourth-order valence-electron chi connectivity index (χ4n) is 2.51. The maximum Gasteiger partial charge on any atom is 0.241 e. The number of likely N-dealkylation sites (N-methyl/N-ethyl adjacent to an activating group) is 1. The molecule has 0 aliphatic rings. The van der Waals surface area contributed by atoms with E-state index in [1.807, 2.05) is 68.4 Å². The Hall–Kier alpha value is -2.82. The van der Waals surface area contributed by atoms with Crippen LogP contribution in [0.15, 0.2) is 54.6 Å². The van der Waals surface area contributed by atoms with Gasteiger partial charge < -0.3 is 15.5 Å². The van der Waals surface area contributed by atoms with Crippen LogP contribution in [-0.2, 0) is 16.1 Å². The van der Waals surface area contributed by atoms with E-state index in [0.29, 0.717) is 18.9 Å². The fourth-order valence-corrected chi connectivity index (χ4v) is 2.51. The Balaban J connectivity index is 1.79. The molecule has 2 amide bonds. The van der Waals surface area contributed by atoms with Crippen molar-refractivity contribution >= 4 is 23.2 Å². The van der Waals surface area contributed by atoms with Crippen molar-refractivity contribution in [3.8, 4) is 0 Å². The summed E-state index contributed by atoms with van der Waals surface area (Å²) >= 11 is 0. The van der Waals surface area contributed by atoms with Gasteiger partial charge in [-0.05, 0) is 35.7 Å². The Morgan fingerprint density at radius 2 is 1.58 bits per heavy atom. The molecule has 26 heavy (non-hydrogen) atoms. The van der Waals surface area contributed by atoms with E-state index < -0.39 is 0 Å². The Labute approximate surface area is 155 Å². The zero-order chi connectivity index (χ0) is 18.9. The average molecular weight is 353 g/mol. The van der Waals surface area contributed by atoms with E-state index in [-0.39, 0.29) is 18.4 Å². The van der Waals surface area contributed by atoms with E-state index >= 15 is 0 Å². The molecule has 2 N–H and O–H groups in total. The molecule has 0 aromatic heterocycles. The first kappa shape index (κ1) is 19.5. The van der Waals surface area contributed by atoms with Gasteiger partial charge in [0.05, 0.1) is 6.54 Å². The van der Waals surface area contributed by atoms with Gasteiger partial charge >= 0.3 is 0 Å². The van der Waals surface area contributed by atoms with Crippen molar-refractivity contribution in [2.45, 2.75) is 26.8 Å². The van der Waals surface area contributed by atoms with Crippen molar-refractivity contribution in [3.63, 3.8) is 0 Å². The third kappa shape index (κ3) is 6.59. The Bertz CT molecular complexity index is 712. The van der Waals surface area contributed by atoms with E-state index in [9.17, 15) is 9.59 Å². The van der Waals surface area contributed by atoms with Crippen LogP contribution in [0.2, 0.25) is 0 Å². The van der Waals surface area contributed by atoms with Crippen LogP contribution >= 0.6 is 0 Å². The van der Waals surface area contributed by atoms with Crippen LogP contribution in [0.1, 0.15) is 25.8 Å². The summed E-state index contributed by atoms with van der Waals surface area (Å²) < 4.78 is 0. The summed E-state index contributed by atoms with van der Waals surface area (Å²) in [7, 11) is 1.80. The number of anilines is 2. The second-order valence-corrected chi connectivity index (χ2v) is 6.81. The van der Waals surface area contributed by atoms with Gasteiger partial charge in [0.15, 0.2) is 0 Å². The lowest BCUT2D eigenvalue weighted by molar-refractivity contribution is -0.128. The summed E-state index contributed by atoms with van der Waals surface area (Å²) in [6.45, 7) is 4.83. The van der Waals surface area contributed by atoms with Gasteiger partial charge in [0.25, 0.3) is 0 Å². The van der Waals surface area contributed by atoms with Gasteiger partial charge in [-0.25, -0.2) is 0 Å². The monoisotopic (exact) mass is 353 g/mol. The highest BCUT2D eigenvalue weighted by Crippen LogP contribution is 2.14. The predicted octanol–water partition coefficient (Wildman–Crippen LogP) is 3.74. The predicted molar refractivity (Wildman–Crippen MR) is 106 cm³/mol. The minimum absolute atomic E-state index is 0.0124. The summed E-state index contributed by atoms with van der Waals surface area (Å²) in [5.74, 6) is 0.358. The molecule has 0 saturated heterocycles. The zero-order valence-electron chi connectivity index (χ0n) is 15.7. The van der Waals surface area contributed by atoms with Crippen LogP contribution in [0.4, 0.5) is 11.4 Å². The van der Waals surface area contributed by atoms with Crippen LogP contribution in [-0.4, -0.2) is 30.3 Å². The summed E-state index contributed by atoms with van der Waals surface area (Å²) in [5.41, 5.74) is 2.70. The maximum absolute atomic E-state index is 12.2. The number of nitrogens with zero attached hydrogens (tertiary/aromatic N) is 1. The van der Waals surface area contributed by atoms with Crippen LogP contribution in [0.25, 0.3) is 0 Å². The molecule has 0 fully saturated rings. The van der Waals surface area contributed by atoms with Gasteiger partial charge in [-0.3, -0.25) is 9.59 Å². The third-order valence-electron chi connectivity index (χ3n) is 3.89. The van der Waals surface area contributed by atoms with E-state index in [1.54, 1.807) is 11.9 Å². The lowest BCUT2D eigenvalue weighted by Crippen LogP contribution is -2.31. The van der Waals surface area contributed by atoms with Crippen LogP contribution in [0.3, 0.4) is 0 Å². The molecule has 2 aromatic carbocycles. The molecule has 5 nitrogen and oxygen atoms in total. The van der Waals surface area contributed by atoms with Crippen LogP contribution < -0.4 is 10.6 Å². The molecule has 2 rings (SSSR count). The van der Waals surface area contributed by atoms with Gasteiger partial charge in [0.1, 0.15) is 0 Å². The minimum Gasteiger partial charge on any atom is -0.376 e. The standard InChI is InChI=1S/C21H27N3O2/c1-16(2)13-20(25)23-19-11-9-18(10-12-19)22-14-21(26)24(3)15-17-7-5-4-6-8-17/h4-12,16,22H,13-15H2,1-3H3,(H,23,25). The van der Waals surface area contributed by atoms with Crippen molar-refractivity contribution in [2.24, 2.45) is 5.92 Å². The molecule has 2 aromatic rings. The normalized spacial score (nSPS) is 10.5. The SMILES string of the molecule is CC(C)CC(=O)Nc1ccc(NCC(=O)N(C)Cc2ccccc2)cc1. The molecular formula is C21H27N3O2. The lowest BCUT2D eigenvalue weighted by Gasteiger charge is -2.18. The highest BCUT2D eigenvalue weighted by Gasteiger charge is 2.09. The van der Waals surface area contributed by atoms with Crippen molar-refractivity contribution in [1.29, 1.82) is 0 Å². The number of carbonyl (C=O) groups excluding carboxylic acids is 2. The van der Waals surface area contributed by atoms with Crippen LogP contribution in [0, 0.1) is 5.92 Å². The summed E-state index contributed by atoms with van der Waals surface area (Å²) in [5, 5.41) is 5.99. The van der Waals surface area contributed by atoms with Crippen molar-refractivity contribution in [3.05, 3.63) is 60.2 Å². The van der Waals surface area contributed by atoms with Crippen molar-refractivity contribution < 1.29 is 9.59 Å². The van der Waals surface area contributed by atoms with Crippen molar-refractivity contribution in [2.75, 3.05) is 24.2 Å². The van der Waals surface area contributed by atoms with E-state index in [2.05, 4.69) is 10.6 Å². The molecule has 138 valence electrons. The second-order valence-electron chi connectivity index (χ2n) is 6.81. The molecule has 0 bridgehead atoms. The zero-order valence-corrected chi connectivity index (χ0v) is 15.7. The molecule has 5 heteroatoms. The molecule has 0 saturated carbocycles. The van der Waals surface area contributed by atoms with Gasteiger partial charge in [-0.15, -0.1) is 0 Å². The fraction of sp³-hybridized carbons (Fsp3) is 0.333. The molecule has 0 atom stereocenters. The average Bonchev–Trinajstić information content (AvgIpc) is 2.61. The maximum atomic E-state index is 12.2. The lowest BCUT2D eigenvalue weighted by atomic mass is 10.1. The molecule has 0 aliphatic carbocycles. The largest absolute Gasteiger partial charge is 0.376 e. The summed E-state index contributed by atoms with van der Waals surface area (Å²) in [6, 6.07) is 17.3. The number of hydrogen-bond acceptors (Lipinski definition) is 3. The molecule has 0 heterocycles. The van der Waals surface area contributed by atoms with Crippen molar-refractivity contribution in [1.82, 2.24) is 4.90 Å². The quantitative estimate of drug-likeness (QED) is 0.760. The number of nitrogens with one attached hydrogen (secondary N) is 2. The van der Waals surface area contributed by atoms with E-state index in [0.717, 1.165) is 16.9 Å². The minimum atomic E-state index is 0.0124. The molecule has 0 radical (unpaired) electrons. The smallest absolute Gasteiger partial charge is 0.241 e. The topological polar surface area (TPSA) is 61.4 Å². The Morgan fingerprint density at radius 1 is 0.962 bits per heavy atom. The summed E-state index contributed by atoms with van der Waals surface area (Å²) in [6.07, 6.45) is 0.502. The van der Waals surface area contributed by atoms with Crippen LogP contribution in [0.5, 0.6) is 0 Å². The number of benzene rings is 2. The molecule has 0 unspecified atom stereocenters. The van der Waals surface area contributed by atoms with E-state index in [4.69, 9.17) is 0 Å². The van der Waals surface area contributed by atoms with Gasteiger partial charge in [-0.2, -0.15) is 0 Å². The number of hydrogen-bond donors (Lipinski definition) is 2. The molecule has 0 aliphatic heterocycles. The highest BCUT2D eigenvalue weighted by molar-refractivity contribution is 5.91. The summed E-state index contributed by atoms with van der Waals surface area (Å²) in [4.78, 5) is 25.7. The molecule has 0 spiro atoms. The first-order valence-corrected chi connectivity index (χ1v) is 8.85. The first-order chi connectivity index (χ1) is 12.4. The van der Waals surface area contributed by atoms with Gasteiger partial charge in [0.2, 0.25) is 11.8 Å². The number of carbonyl (C=O) groups is 2. The third-order valence-corrected chi connectivity index (χ3v) is 3.89. The Kier molecular flexibility index (Phi) is 7.21. The van der Waals surface area contributed by atoms with E-state index in [1.165, 1.54) is 0 Å². The molecular weight excluding hydrogens is 326 g/mol. The highest BCUT2D eigenvalue weighted by atomic mass is 16.2. The Morgan fingerprint density at radius 3 is 2.19 bits per heavy atom. The first-order valence-electron chi connectivity index (χ1n) is 8.85.